The number of carbonyl (C=O) groups excluding carboxylic acids is 3. The Morgan fingerprint density at radius 1 is 0.957 bits per heavy atom. The van der Waals surface area contributed by atoms with Crippen LogP contribution in [0.1, 0.15) is 22.8 Å². The van der Waals surface area contributed by atoms with Crippen molar-refractivity contribution in [3.63, 3.8) is 0 Å². The molecule has 2 N–H and O–H groups in total. The maximum absolute atomic E-state index is 14.0. The number of aromatic amines is 1. The van der Waals surface area contributed by atoms with Crippen molar-refractivity contribution in [1.82, 2.24) is 4.98 Å². The molecule has 2 aliphatic carbocycles. The Kier molecular flexibility index (Phi) is 7.60. The molecular formula is C33H24BrCl2N3O5S2. The highest BCUT2D eigenvalue weighted by Crippen LogP contribution is 2.69. The van der Waals surface area contributed by atoms with E-state index >= 15 is 0 Å². The first-order valence-corrected chi connectivity index (χ1v) is 17.9. The minimum Gasteiger partial charge on any atom is -0.483 e. The van der Waals surface area contributed by atoms with Crippen molar-refractivity contribution < 1.29 is 19.1 Å². The molecule has 8 rings (SSSR count). The van der Waals surface area contributed by atoms with Gasteiger partial charge in [0.1, 0.15) is 5.75 Å². The molecule has 4 aromatic rings. The first-order valence-electron chi connectivity index (χ1n) is 14.7. The molecule has 3 fully saturated rings. The summed E-state index contributed by atoms with van der Waals surface area (Å²) in [6.45, 7) is -0.255. The zero-order valence-corrected chi connectivity index (χ0v) is 28.5. The molecule has 1 aromatic heterocycles. The Hall–Kier alpha value is -3.09. The van der Waals surface area contributed by atoms with Crippen molar-refractivity contribution >= 4 is 91.3 Å². The first kappa shape index (κ1) is 30.3. The number of thiazole rings is 1. The number of nitrogens with zero attached hydrogens (tertiary/aromatic N) is 1. The average Bonchev–Trinajstić information content (AvgIpc) is 3.77. The zero-order valence-electron chi connectivity index (χ0n) is 23.7. The Morgan fingerprint density at radius 2 is 1.65 bits per heavy atom. The van der Waals surface area contributed by atoms with Gasteiger partial charge in [-0.3, -0.25) is 24.1 Å². The van der Waals surface area contributed by atoms with Crippen molar-refractivity contribution in [2.45, 2.75) is 22.6 Å². The van der Waals surface area contributed by atoms with Crippen molar-refractivity contribution in [3.05, 3.63) is 101 Å². The third-order valence-corrected chi connectivity index (χ3v) is 13.2. The lowest BCUT2D eigenvalue weighted by Crippen LogP contribution is -2.42. The second-order valence-corrected chi connectivity index (χ2v) is 16.0. The normalized spacial score (nSPS) is 27.4. The zero-order chi connectivity index (χ0) is 31.9. The molecule has 2 saturated carbocycles. The summed E-state index contributed by atoms with van der Waals surface area (Å²) in [5.41, 5.74) is 1.92. The monoisotopic (exact) mass is 755 g/mol. The molecule has 46 heavy (non-hydrogen) atoms. The van der Waals surface area contributed by atoms with E-state index in [1.807, 2.05) is 18.2 Å². The second-order valence-electron chi connectivity index (χ2n) is 12.0. The Morgan fingerprint density at radius 3 is 2.39 bits per heavy atom. The summed E-state index contributed by atoms with van der Waals surface area (Å²) in [7, 11) is 0. The number of benzene rings is 3. The van der Waals surface area contributed by atoms with Crippen molar-refractivity contribution in [1.29, 1.82) is 0 Å². The van der Waals surface area contributed by atoms with Gasteiger partial charge in [-0.25, -0.2) is 0 Å². The predicted molar refractivity (Wildman–Crippen MR) is 182 cm³/mol. The van der Waals surface area contributed by atoms with E-state index in [2.05, 4.69) is 26.2 Å². The lowest BCUT2D eigenvalue weighted by Gasteiger charge is -2.43. The third-order valence-electron chi connectivity index (χ3n) is 9.60. The van der Waals surface area contributed by atoms with E-state index in [4.69, 9.17) is 27.9 Å². The number of thioether (sulfide) groups is 1. The van der Waals surface area contributed by atoms with Crippen LogP contribution in [0.3, 0.4) is 0 Å². The van der Waals surface area contributed by atoms with Gasteiger partial charge in [0, 0.05) is 41.8 Å². The Balaban J connectivity index is 1.14. The molecule has 13 heteroatoms. The van der Waals surface area contributed by atoms with Crippen LogP contribution < -0.4 is 19.8 Å². The van der Waals surface area contributed by atoms with Crippen LogP contribution in [-0.4, -0.2) is 34.6 Å². The lowest BCUT2D eigenvalue weighted by atomic mass is 9.68. The summed E-state index contributed by atoms with van der Waals surface area (Å²) in [5.74, 6) is -1.54. The lowest BCUT2D eigenvalue weighted by molar-refractivity contribution is -0.123. The van der Waals surface area contributed by atoms with E-state index in [1.165, 1.54) is 4.90 Å². The van der Waals surface area contributed by atoms with Gasteiger partial charge in [-0.2, -0.15) is 0 Å². The van der Waals surface area contributed by atoms with Crippen LogP contribution in [0, 0.1) is 29.6 Å². The van der Waals surface area contributed by atoms with Crippen LogP contribution in [0.2, 0.25) is 10.0 Å². The van der Waals surface area contributed by atoms with Gasteiger partial charge < -0.3 is 15.0 Å². The molecule has 4 aliphatic rings. The van der Waals surface area contributed by atoms with Crippen molar-refractivity contribution in [2.24, 2.45) is 29.6 Å². The van der Waals surface area contributed by atoms with Gasteiger partial charge in [0.25, 0.3) is 5.91 Å². The van der Waals surface area contributed by atoms with Crippen molar-refractivity contribution in [3.8, 4) is 5.75 Å². The molecule has 2 aliphatic heterocycles. The van der Waals surface area contributed by atoms with E-state index in [9.17, 15) is 19.2 Å². The number of rotatable bonds is 6. The number of amides is 3. The fourth-order valence-electron chi connectivity index (χ4n) is 7.98. The fraction of sp³-hybridized carbons (Fsp3) is 0.273. The average molecular weight is 758 g/mol. The van der Waals surface area contributed by atoms with Gasteiger partial charge >= 0.3 is 4.87 Å². The van der Waals surface area contributed by atoms with Gasteiger partial charge in [-0.1, -0.05) is 50.5 Å². The fourth-order valence-corrected chi connectivity index (χ4v) is 11.4. The van der Waals surface area contributed by atoms with E-state index in [-0.39, 0.29) is 58.1 Å². The van der Waals surface area contributed by atoms with Gasteiger partial charge in [-0.05, 0) is 90.9 Å². The standard InChI is InChI=1S/C33H24BrCl2N3O5S2/c34-14-1-8-18(9-2-14)39-31(41)26-20-12-21(27(26)32(39)42)28-25(20)24(29-30(45-28)38-33(43)46-29)19-11-16(36)5-10-22(19)44-13-23(40)37-17-6-3-15(35)4-7-17/h1-11,20-21,24-28H,12-13H2,(H,37,40)(H,38,43)/t20?,21?,24-,25?,26?,27?,28?/m1/s1. The van der Waals surface area contributed by atoms with Crippen LogP contribution in [0.25, 0.3) is 0 Å². The number of hydrogen-bond acceptors (Lipinski definition) is 7. The molecule has 3 heterocycles. The Bertz CT molecular complexity index is 1970. The van der Waals surface area contributed by atoms with Crippen LogP contribution >= 0.6 is 62.2 Å². The minimum absolute atomic E-state index is 0.00403. The van der Waals surface area contributed by atoms with Gasteiger partial charge in [0.2, 0.25) is 11.8 Å². The molecule has 2 bridgehead atoms. The minimum atomic E-state index is -0.448. The summed E-state index contributed by atoms with van der Waals surface area (Å²) in [4.78, 5) is 58.6. The molecule has 6 unspecified atom stereocenters. The quantitative estimate of drug-likeness (QED) is 0.202. The predicted octanol–water partition coefficient (Wildman–Crippen LogP) is 7.20. The molecular weight excluding hydrogens is 733 g/mol. The van der Waals surface area contributed by atoms with E-state index < -0.39 is 11.8 Å². The number of anilines is 2. The molecule has 8 nitrogen and oxygen atoms in total. The summed E-state index contributed by atoms with van der Waals surface area (Å²) >= 11 is 18.7. The SMILES string of the molecule is O=C(COc1ccc(Cl)cc1[C@H]1c2sc(=O)[nH]c2SC2C3CC(C4C(=O)N(c5ccc(Br)cc5)C(=O)C34)C21)Nc1ccc(Cl)cc1. The number of aromatic nitrogens is 1. The molecule has 234 valence electrons. The molecule has 3 amide bonds. The topological polar surface area (TPSA) is 109 Å². The van der Waals surface area contributed by atoms with Gasteiger partial charge in [-0.15, -0.1) is 11.8 Å². The summed E-state index contributed by atoms with van der Waals surface area (Å²) in [5, 5.41) is 4.63. The number of halogens is 3. The highest BCUT2D eigenvalue weighted by Gasteiger charge is 2.69. The largest absolute Gasteiger partial charge is 0.483 e. The molecule has 7 atom stereocenters. The van der Waals surface area contributed by atoms with Gasteiger partial charge in [0.15, 0.2) is 6.61 Å². The molecule has 3 aromatic carbocycles. The number of nitrogens with one attached hydrogen (secondary N) is 2. The van der Waals surface area contributed by atoms with Crippen molar-refractivity contribution in [2.75, 3.05) is 16.8 Å². The first-order chi connectivity index (χ1) is 22.2. The van der Waals surface area contributed by atoms with Crippen LogP contribution in [0.5, 0.6) is 5.75 Å². The maximum atomic E-state index is 14.0. The summed E-state index contributed by atoms with van der Waals surface area (Å²) in [6.07, 6.45) is 0.749. The highest BCUT2D eigenvalue weighted by atomic mass is 79.9. The molecule has 1 saturated heterocycles. The number of fused-ring (bicyclic) bond motifs is 9. The summed E-state index contributed by atoms with van der Waals surface area (Å²) < 4.78 is 7.01. The number of imide groups is 1. The van der Waals surface area contributed by atoms with Gasteiger partial charge in [0.05, 0.1) is 22.5 Å². The van der Waals surface area contributed by atoms with Crippen LogP contribution in [0.15, 0.2) is 81.0 Å². The Labute approximate surface area is 289 Å². The van der Waals surface area contributed by atoms with E-state index in [1.54, 1.807) is 60.3 Å². The van der Waals surface area contributed by atoms with Crippen LogP contribution in [0.4, 0.5) is 11.4 Å². The van der Waals surface area contributed by atoms with E-state index in [0.717, 1.165) is 37.7 Å². The smallest absolute Gasteiger partial charge is 0.305 e. The maximum Gasteiger partial charge on any atom is 0.305 e. The number of H-pyrrole nitrogens is 1. The summed E-state index contributed by atoms with van der Waals surface area (Å²) in [6, 6.07) is 19.3. The van der Waals surface area contributed by atoms with Crippen LogP contribution in [-0.2, 0) is 14.4 Å². The number of ether oxygens (including phenoxy) is 1. The molecule has 0 radical (unpaired) electrons. The highest BCUT2D eigenvalue weighted by molar-refractivity contribution is 9.10. The molecule has 0 spiro atoms. The third kappa shape index (κ3) is 4.93. The van der Waals surface area contributed by atoms with E-state index in [0.29, 0.717) is 27.2 Å². The second kappa shape index (κ2) is 11.6. The number of carbonyl (C=O) groups is 3. The number of hydrogen-bond donors (Lipinski definition) is 2.